The van der Waals surface area contributed by atoms with Gasteiger partial charge in [0.2, 0.25) is 0 Å². The zero-order chi connectivity index (χ0) is 17.8. The first-order chi connectivity index (χ1) is 13.4. The topological polar surface area (TPSA) is 25.0 Å². The number of benzene rings is 4. The minimum absolute atomic E-state index is 0.904. The maximum absolute atomic E-state index is 6.13. The van der Waals surface area contributed by atoms with Crippen molar-refractivity contribution in [1.82, 2.24) is 4.98 Å². The molecule has 0 fully saturated rings. The molecule has 0 bridgehead atoms. The minimum atomic E-state index is 0.904. The van der Waals surface area contributed by atoms with Crippen LogP contribution in [-0.4, -0.2) is 4.98 Å². The van der Waals surface area contributed by atoms with Crippen molar-refractivity contribution in [2.45, 2.75) is 9.79 Å². The Bertz CT molecular complexity index is 1340. The second-order valence-electron chi connectivity index (χ2n) is 6.61. The number of nitrogens with one attached hydrogen (secondary N) is 1. The summed E-state index contributed by atoms with van der Waals surface area (Å²) in [6.07, 6.45) is 0. The number of ether oxygens (including phenoxy) is 1. The van der Waals surface area contributed by atoms with Crippen LogP contribution in [0.25, 0.3) is 32.9 Å². The highest BCUT2D eigenvalue weighted by Gasteiger charge is 2.21. The first-order valence-corrected chi connectivity index (χ1v) is 9.69. The lowest BCUT2D eigenvalue weighted by molar-refractivity contribution is 0.455. The second-order valence-corrected chi connectivity index (χ2v) is 7.67. The monoisotopic (exact) mass is 364 g/mol. The smallest absolute Gasteiger partial charge is 0.142 e. The van der Waals surface area contributed by atoms with Crippen LogP contribution in [0.4, 0.5) is 0 Å². The van der Waals surface area contributed by atoms with Crippen LogP contribution < -0.4 is 4.74 Å². The van der Waals surface area contributed by atoms with Gasteiger partial charge in [-0.05, 0) is 29.8 Å². The van der Waals surface area contributed by atoms with Gasteiger partial charge < -0.3 is 9.72 Å². The number of aromatic nitrogens is 1. The fourth-order valence-corrected chi connectivity index (χ4v) is 4.77. The molecule has 0 saturated carbocycles. The van der Waals surface area contributed by atoms with Gasteiger partial charge in [0, 0.05) is 27.9 Å². The second kappa shape index (κ2) is 5.66. The van der Waals surface area contributed by atoms with Gasteiger partial charge in [0.25, 0.3) is 0 Å². The molecule has 1 aliphatic rings. The van der Waals surface area contributed by atoms with Crippen molar-refractivity contribution >= 4 is 33.6 Å². The van der Waals surface area contributed by atoms with Gasteiger partial charge in [-0.25, -0.2) is 0 Å². The van der Waals surface area contributed by atoms with Crippen molar-refractivity contribution < 1.29 is 4.74 Å². The average Bonchev–Trinajstić information content (AvgIpc) is 3.09. The van der Waals surface area contributed by atoms with E-state index in [2.05, 4.69) is 59.6 Å². The van der Waals surface area contributed by atoms with Gasteiger partial charge in [0.05, 0.1) is 15.3 Å². The minimum Gasteiger partial charge on any atom is -0.455 e. The molecule has 5 aromatic rings. The molecule has 2 heterocycles. The molecule has 1 aliphatic heterocycles. The Morgan fingerprint density at radius 2 is 1.59 bits per heavy atom. The van der Waals surface area contributed by atoms with Crippen LogP contribution in [0.3, 0.4) is 0 Å². The Morgan fingerprint density at radius 1 is 0.741 bits per heavy atom. The van der Waals surface area contributed by atoms with Gasteiger partial charge in [-0.3, -0.25) is 0 Å². The van der Waals surface area contributed by atoms with E-state index in [9.17, 15) is 0 Å². The van der Waals surface area contributed by atoms with Crippen molar-refractivity contribution in [3.8, 4) is 22.6 Å². The molecular weight excluding hydrogens is 350 g/mol. The van der Waals surface area contributed by atoms with Crippen LogP contribution in [0, 0.1) is 6.07 Å². The predicted molar refractivity (Wildman–Crippen MR) is 111 cm³/mol. The van der Waals surface area contributed by atoms with Crippen molar-refractivity contribution in [1.29, 1.82) is 0 Å². The molecule has 4 aromatic carbocycles. The molecule has 0 saturated heterocycles. The van der Waals surface area contributed by atoms with Crippen LogP contribution in [0.5, 0.6) is 11.5 Å². The lowest BCUT2D eigenvalue weighted by Gasteiger charge is -2.21. The van der Waals surface area contributed by atoms with E-state index >= 15 is 0 Å². The van der Waals surface area contributed by atoms with Crippen LogP contribution in [0.2, 0.25) is 0 Å². The van der Waals surface area contributed by atoms with Crippen molar-refractivity contribution in [3.63, 3.8) is 0 Å². The summed E-state index contributed by atoms with van der Waals surface area (Å²) >= 11 is 1.76. The molecule has 27 heavy (non-hydrogen) atoms. The molecular formula is C24H14NOS. The molecule has 0 atom stereocenters. The summed E-state index contributed by atoms with van der Waals surface area (Å²) in [5.74, 6) is 1.82. The Hall–Kier alpha value is -3.17. The summed E-state index contributed by atoms with van der Waals surface area (Å²) in [4.78, 5) is 5.77. The summed E-state index contributed by atoms with van der Waals surface area (Å²) in [6, 6.07) is 30.7. The SMILES string of the molecule is [c]1c(-c2cccc3c2Sc2ccccc2O3)ccc2c1[nH]c1ccccc12. The molecule has 0 unspecified atom stereocenters. The van der Waals surface area contributed by atoms with Crippen LogP contribution >= 0.6 is 11.8 Å². The first kappa shape index (κ1) is 14.9. The van der Waals surface area contributed by atoms with Gasteiger partial charge in [0.1, 0.15) is 11.5 Å². The van der Waals surface area contributed by atoms with E-state index in [0.29, 0.717) is 0 Å². The fraction of sp³-hybridized carbons (Fsp3) is 0. The zero-order valence-corrected chi connectivity index (χ0v) is 15.1. The summed E-state index contributed by atoms with van der Waals surface area (Å²) in [6.45, 7) is 0. The molecule has 2 nitrogen and oxygen atoms in total. The molecule has 3 heteroatoms. The van der Waals surface area contributed by atoms with E-state index in [-0.39, 0.29) is 0 Å². The number of aromatic amines is 1. The molecule has 1 aromatic heterocycles. The van der Waals surface area contributed by atoms with Gasteiger partial charge in [-0.1, -0.05) is 66.4 Å². The molecule has 1 radical (unpaired) electrons. The number of fused-ring (bicyclic) bond motifs is 5. The van der Waals surface area contributed by atoms with Gasteiger partial charge in [-0.15, -0.1) is 0 Å². The van der Waals surface area contributed by atoms with Gasteiger partial charge in [-0.2, -0.15) is 0 Å². The van der Waals surface area contributed by atoms with E-state index in [0.717, 1.165) is 43.5 Å². The first-order valence-electron chi connectivity index (χ1n) is 8.88. The lowest BCUT2D eigenvalue weighted by Crippen LogP contribution is -1.96. The number of para-hydroxylation sites is 2. The number of hydrogen-bond donors (Lipinski definition) is 1. The molecule has 0 amide bonds. The Labute approximate surface area is 160 Å². The summed E-state index contributed by atoms with van der Waals surface area (Å²) < 4.78 is 6.13. The third-order valence-electron chi connectivity index (χ3n) is 4.97. The summed E-state index contributed by atoms with van der Waals surface area (Å²) in [5.41, 5.74) is 4.39. The average molecular weight is 364 g/mol. The zero-order valence-electron chi connectivity index (χ0n) is 14.3. The van der Waals surface area contributed by atoms with E-state index in [1.807, 2.05) is 30.3 Å². The quantitative estimate of drug-likeness (QED) is 0.338. The molecule has 0 spiro atoms. The maximum atomic E-state index is 6.13. The normalized spacial score (nSPS) is 12.6. The van der Waals surface area contributed by atoms with E-state index < -0.39 is 0 Å². The van der Waals surface area contributed by atoms with Crippen molar-refractivity contribution in [2.75, 3.05) is 0 Å². The molecule has 1 N–H and O–H groups in total. The highest BCUT2D eigenvalue weighted by molar-refractivity contribution is 7.99. The predicted octanol–water partition coefficient (Wildman–Crippen LogP) is 7.05. The van der Waals surface area contributed by atoms with Crippen LogP contribution in [-0.2, 0) is 0 Å². The molecule has 127 valence electrons. The van der Waals surface area contributed by atoms with Gasteiger partial charge in [0.15, 0.2) is 0 Å². The number of H-pyrrole nitrogens is 1. The van der Waals surface area contributed by atoms with E-state index in [4.69, 9.17) is 4.74 Å². The lowest BCUT2D eigenvalue weighted by atomic mass is 10.0. The number of rotatable bonds is 1. The fourth-order valence-electron chi connectivity index (χ4n) is 3.70. The van der Waals surface area contributed by atoms with E-state index in [1.54, 1.807) is 11.8 Å². The molecule has 0 aliphatic carbocycles. The Balaban J connectivity index is 1.53. The van der Waals surface area contributed by atoms with Crippen molar-refractivity contribution in [2.24, 2.45) is 0 Å². The third kappa shape index (κ3) is 2.29. The van der Waals surface area contributed by atoms with Gasteiger partial charge >= 0.3 is 0 Å². The highest BCUT2D eigenvalue weighted by atomic mass is 32.2. The van der Waals surface area contributed by atoms with Crippen LogP contribution in [0.1, 0.15) is 0 Å². The summed E-state index contributed by atoms with van der Waals surface area (Å²) in [5, 5.41) is 2.44. The largest absolute Gasteiger partial charge is 0.455 e. The third-order valence-corrected chi connectivity index (χ3v) is 6.16. The maximum Gasteiger partial charge on any atom is 0.142 e. The number of hydrogen-bond acceptors (Lipinski definition) is 2. The summed E-state index contributed by atoms with van der Waals surface area (Å²) in [7, 11) is 0. The standard InChI is InChI=1S/C24H14NOS/c1-2-8-19-17(6-1)18-13-12-15(14-20(18)25-19)16-7-5-10-22-24(16)27-23-11-4-3-9-21(23)26-22/h1-13,25H. The van der Waals surface area contributed by atoms with E-state index in [1.165, 1.54) is 10.8 Å². The highest BCUT2D eigenvalue weighted by Crippen LogP contribution is 2.50. The Morgan fingerprint density at radius 3 is 2.59 bits per heavy atom. The Kier molecular flexibility index (Phi) is 3.13. The molecule has 6 rings (SSSR count). The van der Waals surface area contributed by atoms with Crippen LogP contribution in [0.15, 0.2) is 88.7 Å². The van der Waals surface area contributed by atoms with Crippen molar-refractivity contribution in [3.05, 3.63) is 84.9 Å².